The summed E-state index contributed by atoms with van der Waals surface area (Å²) in [5.74, 6) is 0.858. The molecule has 0 bridgehead atoms. The number of likely N-dealkylation sites (N-methyl/N-ethyl adjacent to an activating group) is 1. The van der Waals surface area contributed by atoms with E-state index in [-0.39, 0.29) is 17.8 Å². The highest BCUT2D eigenvalue weighted by atomic mass is 32.1. The van der Waals surface area contributed by atoms with Crippen LogP contribution in [-0.4, -0.2) is 89.7 Å². The molecule has 9 nitrogen and oxygen atoms in total. The molecule has 2 fully saturated rings. The van der Waals surface area contributed by atoms with E-state index < -0.39 is 5.54 Å². The van der Waals surface area contributed by atoms with Crippen LogP contribution in [0.1, 0.15) is 49.9 Å². The van der Waals surface area contributed by atoms with Crippen LogP contribution in [0, 0.1) is 0 Å². The number of anilines is 1. The van der Waals surface area contributed by atoms with E-state index in [4.69, 9.17) is 4.99 Å². The van der Waals surface area contributed by atoms with Gasteiger partial charge in [0.1, 0.15) is 10.8 Å². The van der Waals surface area contributed by atoms with Gasteiger partial charge in [-0.3, -0.25) is 24.8 Å². The van der Waals surface area contributed by atoms with Crippen LogP contribution < -0.4 is 10.6 Å². The Morgan fingerprint density at radius 1 is 1.19 bits per heavy atom. The minimum absolute atomic E-state index is 0.0411. The summed E-state index contributed by atoms with van der Waals surface area (Å²) in [4.78, 5) is 49.7. The number of rotatable bonds is 4. The molecule has 3 aliphatic heterocycles. The number of benzene rings is 1. The highest BCUT2D eigenvalue weighted by Crippen LogP contribution is 2.38. The number of amidine groups is 1. The van der Waals surface area contributed by atoms with Crippen molar-refractivity contribution in [1.82, 2.24) is 20.0 Å². The summed E-state index contributed by atoms with van der Waals surface area (Å²) in [5, 5.41) is 7.09. The Morgan fingerprint density at radius 2 is 1.94 bits per heavy atom. The topological polar surface area (TPSA) is 97.3 Å². The lowest BCUT2D eigenvalue weighted by Gasteiger charge is -2.44. The molecular weight excluding hydrogens is 476 g/mol. The van der Waals surface area contributed by atoms with Crippen LogP contribution in [-0.2, 0) is 4.79 Å². The lowest BCUT2D eigenvalue weighted by Crippen LogP contribution is -2.57. The molecule has 1 unspecified atom stereocenters. The number of hydrogen-bond acceptors (Lipinski definition) is 6. The molecule has 2 N–H and O–H groups in total. The van der Waals surface area contributed by atoms with Gasteiger partial charge in [-0.15, -0.1) is 11.3 Å². The van der Waals surface area contributed by atoms with Crippen molar-refractivity contribution in [2.75, 3.05) is 45.1 Å². The number of fused-ring (bicyclic) bond motifs is 1. The molecule has 0 aliphatic carbocycles. The lowest BCUT2D eigenvalue weighted by molar-refractivity contribution is -0.132. The normalized spacial score (nSPS) is 23.4. The first-order valence-electron chi connectivity index (χ1n) is 12.8. The van der Waals surface area contributed by atoms with Crippen LogP contribution in [0.4, 0.5) is 9.80 Å². The molecule has 1 atom stereocenters. The number of aliphatic imine (C=N–C) groups is 1. The fraction of sp³-hybridized carbons (Fsp3) is 0.538. The maximum Gasteiger partial charge on any atom is 0.319 e. The van der Waals surface area contributed by atoms with Gasteiger partial charge in [-0.2, -0.15) is 0 Å². The lowest BCUT2D eigenvalue weighted by atomic mass is 9.87. The predicted molar refractivity (Wildman–Crippen MR) is 143 cm³/mol. The number of urea groups is 1. The van der Waals surface area contributed by atoms with Gasteiger partial charge < -0.3 is 15.1 Å². The average Bonchev–Trinajstić information content (AvgIpc) is 3.33. The van der Waals surface area contributed by atoms with Crippen LogP contribution in [0.2, 0.25) is 0 Å². The first-order valence-corrected chi connectivity index (χ1v) is 13.6. The van der Waals surface area contributed by atoms with Crippen molar-refractivity contribution in [1.29, 1.82) is 0 Å². The van der Waals surface area contributed by atoms with Crippen molar-refractivity contribution in [3.8, 4) is 0 Å². The summed E-state index contributed by atoms with van der Waals surface area (Å²) in [5.41, 5.74) is -0.0687. The fourth-order valence-electron chi connectivity index (χ4n) is 5.78. The number of carbonyl (C=O) groups excluding carboxylic acids is 3. The minimum atomic E-state index is -0.640. The van der Waals surface area contributed by atoms with Gasteiger partial charge >= 0.3 is 6.03 Å². The highest BCUT2D eigenvalue weighted by Gasteiger charge is 2.49. The summed E-state index contributed by atoms with van der Waals surface area (Å²) in [7, 11) is 1.81. The van der Waals surface area contributed by atoms with Crippen LogP contribution in [0.5, 0.6) is 0 Å². The fourth-order valence-corrected chi connectivity index (χ4v) is 6.87. The number of nitrogens with one attached hydrogen (secondary N) is 2. The molecule has 2 saturated heterocycles. The number of piperidine rings is 2. The van der Waals surface area contributed by atoms with E-state index in [2.05, 4.69) is 15.5 Å². The summed E-state index contributed by atoms with van der Waals surface area (Å²) in [6.45, 7) is 7.18. The average molecular weight is 511 g/mol. The molecule has 4 heterocycles. The van der Waals surface area contributed by atoms with Gasteiger partial charge in [0, 0.05) is 49.4 Å². The molecule has 10 heteroatoms. The first-order chi connectivity index (χ1) is 17.3. The number of hydrogen-bond donors (Lipinski definition) is 2. The standard InChI is InChI=1S/C26H34N6O3S/c1-4-27-25(35)28-22-21(19-8-5-6-9-20(19)36-22)23(33)31-14-10-18(11-15-31)32-13-7-12-26(16-32)24(34)30(3)17(2)29-26/h5-6,8-9,18H,4,7,10-16H2,1-3H3,(H2,27,28,35). The monoisotopic (exact) mass is 510 g/mol. The zero-order valence-electron chi connectivity index (χ0n) is 21.2. The second-order valence-corrected chi connectivity index (χ2v) is 11.0. The molecule has 2 aromatic rings. The molecule has 0 saturated carbocycles. The van der Waals surface area contributed by atoms with Crippen LogP contribution in [0.25, 0.3) is 10.1 Å². The Bertz CT molecular complexity index is 1220. The summed E-state index contributed by atoms with van der Waals surface area (Å²) in [6, 6.07) is 7.81. The molecule has 192 valence electrons. The molecule has 5 rings (SSSR count). The van der Waals surface area contributed by atoms with Crippen molar-refractivity contribution in [3.63, 3.8) is 0 Å². The largest absolute Gasteiger partial charge is 0.338 e. The van der Waals surface area contributed by atoms with Gasteiger partial charge in [0.15, 0.2) is 5.54 Å². The Kier molecular flexibility index (Phi) is 6.74. The zero-order chi connectivity index (χ0) is 25.4. The van der Waals surface area contributed by atoms with E-state index in [0.717, 1.165) is 48.1 Å². The Hall–Kier alpha value is -2.98. The quantitative estimate of drug-likeness (QED) is 0.659. The van der Waals surface area contributed by atoms with Gasteiger partial charge in [0.25, 0.3) is 11.8 Å². The third-order valence-corrected chi connectivity index (χ3v) is 8.79. The Morgan fingerprint density at radius 3 is 2.64 bits per heavy atom. The maximum absolute atomic E-state index is 13.7. The number of thiophene rings is 1. The van der Waals surface area contributed by atoms with Crippen molar-refractivity contribution >= 4 is 50.1 Å². The smallest absolute Gasteiger partial charge is 0.319 e. The summed E-state index contributed by atoms with van der Waals surface area (Å²) < 4.78 is 0.975. The SMILES string of the molecule is CCNC(=O)Nc1sc2ccccc2c1C(=O)N1CCC(N2CCCC3(C2)N=C(C)N(C)C3=O)CC1. The molecule has 1 aromatic heterocycles. The second kappa shape index (κ2) is 9.82. The Balaban J connectivity index is 1.29. The third kappa shape index (κ3) is 4.37. The van der Waals surface area contributed by atoms with E-state index >= 15 is 0 Å². The molecule has 36 heavy (non-hydrogen) atoms. The number of nitrogens with zero attached hydrogens (tertiary/aromatic N) is 4. The third-order valence-electron chi connectivity index (χ3n) is 7.71. The zero-order valence-corrected chi connectivity index (χ0v) is 22.0. The molecule has 0 radical (unpaired) electrons. The second-order valence-electron chi connectivity index (χ2n) is 9.94. The molecular formula is C26H34N6O3S. The number of carbonyl (C=O) groups is 3. The maximum atomic E-state index is 13.7. The summed E-state index contributed by atoms with van der Waals surface area (Å²) >= 11 is 1.43. The van der Waals surface area contributed by atoms with E-state index in [1.165, 1.54) is 11.3 Å². The molecule has 1 spiro atoms. The summed E-state index contributed by atoms with van der Waals surface area (Å²) in [6.07, 6.45) is 3.46. The van der Waals surface area contributed by atoms with Crippen LogP contribution in [0.3, 0.4) is 0 Å². The van der Waals surface area contributed by atoms with E-state index in [0.29, 0.717) is 42.8 Å². The van der Waals surface area contributed by atoms with Crippen LogP contribution in [0.15, 0.2) is 29.3 Å². The van der Waals surface area contributed by atoms with E-state index in [1.807, 2.05) is 50.1 Å². The first kappa shape index (κ1) is 24.7. The van der Waals surface area contributed by atoms with Gasteiger partial charge in [-0.25, -0.2) is 4.79 Å². The number of amides is 4. The van der Waals surface area contributed by atoms with E-state index in [9.17, 15) is 14.4 Å². The molecule has 3 aliphatic rings. The van der Waals surface area contributed by atoms with Crippen molar-refractivity contribution in [2.45, 2.75) is 51.1 Å². The van der Waals surface area contributed by atoms with Gasteiger partial charge in [0.2, 0.25) is 0 Å². The van der Waals surface area contributed by atoms with Crippen molar-refractivity contribution in [3.05, 3.63) is 29.8 Å². The van der Waals surface area contributed by atoms with Gasteiger partial charge in [-0.1, -0.05) is 18.2 Å². The van der Waals surface area contributed by atoms with Gasteiger partial charge in [0.05, 0.1) is 5.56 Å². The van der Waals surface area contributed by atoms with Crippen molar-refractivity contribution in [2.24, 2.45) is 4.99 Å². The van der Waals surface area contributed by atoms with Crippen molar-refractivity contribution < 1.29 is 14.4 Å². The molecule has 1 aromatic carbocycles. The van der Waals surface area contributed by atoms with Crippen LogP contribution >= 0.6 is 11.3 Å². The molecule has 4 amide bonds. The number of likely N-dealkylation sites (tertiary alicyclic amines) is 2. The van der Waals surface area contributed by atoms with Gasteiger partial charge in [-0.05, 0) is 52.1 Å². The predicted octanol–water partition coefficient (Wildman–Crippen LogP) is 3.37. The minimum Gasteiger partial charge on any atom is -0.338 e. The van der Waals surface area contributed by atoms with E-state index in [1.54, 1.807) is 4.90 Å². The Labute approximate surface area is 215 Å². The highest BCUT2D eigenvalue weighted by molar-refractivity contribution is 7.23.